The van der Waals surface area contributed by atoms with Crippen LogP contribution < -0.4 is 4.74 Å². The zero-order valence-electron chi connectivity index (χ0n) is 15.8. The van der Waals surface area contributed by atoms with E-state index in [1.807, 2.05) is 24.3 Å². The van der Waals surface area contributed by atoms with Crippen molar-refractivity contribution >= 4 is 11.9 Å². The SMILES string of the molecule is COc1ccc(C=CC(=O)c2ccccc2CN2CCN(C)CC2)c(F)c1. The number of methoxy groups -OCH3 is 1. The summed E-state index contributed by atoms with van der Waals surface area (Å²) in [4.78, 5) is 17.4. The molecule has 3 rings (SSSR count). The minimum Gasteiger partial charge on any atom is -0.497 e. The second kappa shape index (κ2) is 8.93. The molecule has 1 fully saturated rings. The molecule has 1 aliphatic heterocycles. The molecule has 1 heterocycles. The average Bonchev–Trinajstić information content (AvgIpc) is 2.69. The molecular weight excluding hydrogens is 343 g/mol. The molecule has 1 aliphatic rings. The topological polar surface area (TPSA) is 32.8 Å². The molecule has 0 aromatic heterocycles. The number of benzene rings is 2. The molecule has 142 valence electrons. The quantitative estimate of drug-likeness (QED) is 0.577. The Kier molecular flexibility index (Phi) is 6.37. The molecule has 0 atom stereocenters. The van der Waals surface area contributed by atoms with Gasteiger partial charge < -0.3 is 9.64 Å². The number of rotatable bonds is 6. The Morgan fingerprint density at radius 3 is 2.59 bits per heavy atom. The first-order chi connectivity index (χ1) is 13.1. The van der Waals surface area contributed by atoms with Gasteiger partial charge in [-0.1, -0.05) is 24.3 Å². The summed E-state index contributed by atoms with van der Waals surface area (Å²) in [6.07, 6.45) is 2.96. The third kappa shape index (κ3) is 5.02. The maximum atomic E-state index is 14.1. The van der Waals surface area contributed by atoms with E-state index in [4.69, 9.17) is 4.74 Å². The lowest BCUT2D eigenvalue weighted by Crippen LogP contribution is -2.44. The molecule has 0 N–H and O–H groups in total. The second-order valence-corrected chi connectivity index (χ2v) is 6.82. The summed E-state index contributed by atoms with van der Waals surface area (Å²) >= 11 is 0. The van der Waals surface area contributed by atoms with E-state index in [9.17, 15) is 9.18 Å². The zero-order chi connectivity index (χ0) is 19.2. The first-order valence-electron chi connectivity index (χ1n) is 9.11. The fourth-order valence-electron chi connectivity index (χ4n) is 3.17. The number of piperazine rings is 1. The molecule has 0 amide bonds. The summed E-state index contributed by atoms with van der Waals surface area (Å²) in [5.41, 5.74) is 2.04. The van der Waals surface area contributed by atoms with Gasteiger partial charge in [-0.25, -0.2) is 4.39 Å². The maximum absolute atomic E-state index is 14.1. The van der Waals surface area contributed by atoms with Crippen molar-refractivity contribution in [3.05, 3.63) is 71.0 Å². The van der Waals surface area contributed by atoms with Gasteiger partial charge >= 0.3 is 0 Å². The van der Waals surface area contributed by atoms with Crippen LogP contribution in [0.15, 0.2) is 48.5 Å². The largest absolute Gasteiger partial charge is 0.497 e. The van der Waals surface area contributed by atoms with Gasteiger partial charge in [0.1, 0.15) is 11.6 Å². The molecule has 0 aliphatic carbocycles. The number of hydrogen-bond acceptors (Lipinski definition) is 4. The van der Waals surface area contributed by atoms with Crippen LogP contribution in [0.4, 0.5) is 4.39 Å². The Bertz CT molecular complexity index is 827. The fraction of sp³-hybridized carbons (Fsp3) is 0.318. The van der Waals surface area contributed by atoms with E-state index in [-0.39, 0.29) is 5.78 Å². The molecule has 4 nitrogen and oxygen atoms in total. The minimum atomic E-state index is -0.413. The molecule has 2 aromatic carbocycles. The van der Waals surface area contributed by atoms with Gasteiger partial charge in [0, 0.05) is 49.9 Å². The van der Waals surface area contributed by atoms with Gasteiger partial charge in [0.15, 0.2) is 5.78 Å². The van der Waals surface area contributed by atoms with Gasteiger partial charge in [0.25, 0.3) is 0 Å². The van der Waals surface area contributed by atoms with Crippen molar-refractivity contribution in [2.24, 2.45) is 0 Å². The van der Waals surface area contributed by atoms with Gasteiger partial charge in [-0.3, -0.25) is 9.69 Å². The number of ether oxygens (including phenoxy) is 1. The van der Waals surface area contributed by atoms with Crippen molar-refractivity contribution in [3.63, 3.8) is 0 Å². The summed E-state index contributed by atoms with van der Waals surface area (Å²) in [6.45, 7) is 4.80. The van der Waals surface area contributed by atoms with Crippen LogP contribution in [0.1, 0.15) is 21.5 Å². The molecule has 0 radical (unpaired) electrons. The predicted octanol–water partition coefficient (Wildman–Crippen LogP) is 3.48. The monoisotopic (exact) mass is 368 g/mol. The summed E-state index contributed by atoms with van der Waals surface area (Å²) in [5, 5.41) is 0. The van der Waals surface area contributed by atoms with E-state index in [2.05, 4.69) is 16.8 Å². The molecule has 27 heavy (non-hydrogen) atoms. The van der Waals surface area contributed by atoms with Gasteiger partial charge in [0.05, 0.1) is 7.11 Å². The highest BCUT2D eigenvalue weighted by atomic mass is 19.1. The van der Waals surface area contributed by atoms with E-state index in [0.717, 1.165) is 38.3 Å². The fourth-order valence-corrected chi connectivity index (χ4v) is 3.17. The van der Waals surface area contributed by atoms with Crippen molar-refractivity contribution in [1.82, 2.24) is 9.80 Å². The van der Waals surface area contributed by atoms with Crippen LogP contribution in [0.3, 0.4) is 0 Å². The summed E-state index contributed by atoms with van der Waals surface area (Å²) < 4.78 is 19.1. The highest BCUT2D eigenvalue weighted by molar-refractivity contribution is 6.07. The van der Waals surface area contributed by atoms with Crippen molar-refractivity contribution in [2.75, 3.05) is 40.3 Å². The first kappa shape index (κ1) is 19.3. The van der Waals surface area contributed by atoms with Crippen molar-refractivity contribution in [2.45, 2.75) is 6.54 Å². The van der Waals surface area contributed by atoms with Gasteiger partial charge in [-0.15, -0.1) is 0 Å². The van der Waals surface area contributed by atoms with Crippen LogP contribution in [0.25, 0.3) is 6.08 Å². The maximum Gasteiger partial charge on any atom is 0.186 e. The number of ketones is 1. The van der Waals surface area contributed by atoms with E-state index >= 15 is 0 Å². The first-order valence-corrected chi connectivity index (χ1v) is 9.11. The van der Waals surface area contributed by atoms with E-state index in [1.54, 1.807) is 12.1 Å². The van der Waals surface area contributed by atoms with Crippen molar-refractivity contribution in [1.29, 1.82) is 0 Å². The van der Waals surface area contributed by atoms with Crippen LogP contribution >= 0.6 is 0 Å². The molecule has 0 unspecified atom stereocenters. The smallest absolute Gasteiger partial charge is 0.186 e. The molecule has 2 aromatic rings. The Morgan fingerprint density at radius 2 is 1.89 bits per heavy atom. The summed E-state index contributed by atoms with van der Waals surface area (Å²) in [7, 11) is 3.61. The number of hydrogen-bond donors (Lipinski definition) is 0. The third-order valence-corrected chi connectivity index (χ3v) is 4.89. The Hall–Kier alpha value is -2.50. The van der Waals surface area contributed by atoms with Gasteiger partial charge in [-0.2, -0.15) is 0 Å². The highest BCUT2D eigenvalue weighted by Crippen LogP contribution is 2.19. The van der Waals surface area contributed by atoms with Crippen LogP contribution in [0.5, 0.6) is 5.75 Å². The highest BCUT2D eigenvalue weighted by Gasteiger charge is 2.16. The molecule has 0 saturated carbocycles. The van der Waals surface area contributed by atoms with E-state index in [0.29, 0.717) is 16.9 Å². The van der Waals surface area contributed by atoms with Crippen molar-refractivity contribution < 1.29 is 13.9 Å². The lowest BCUT2D eigenvalue weighted by Gasteiger charge is -2.32. The summed E-state index contributed by atoms with van der Waals surface area (Å²) in [6, 6.07) is 12.2. The van der Waals surface area contributed by atoms with Gasteiger partial charge in [0.2, 0.25) is 0 Å². The van der Waals surface area contributed by atoms with E-state index in [1.165, 1.54) is 25.3 Å². The molecule has 1 saturated heterocycles. The Balaban J connectivity index is 1.73. The molecular formula is C22H25FN2O2. The Morgan fingerprint density at radius 1 is 1.15 bits per heavy atom. The average molecular weight is 368 g/mol. The molecule has 0 bridgehead atoms. The zero-order valence-corrected chi connectivity index (χ0v) is 15.8. The number of halogens is 1. The van der Waals surface area contributed by atoms with E-state index < -0.39 is 5.82 Å². The van der Waals surface area contributed by atoms with Crippen LogP contribution in [0.2, 0.25) is 0 Å². The normalized spacial score (nSPS) is 16.0. The third-order valence-electron chi connectivity index (χ3n) is 4.89. The molecule has 5 heteroatoms. The standard InChI is InChI=1S/C22H25FN2O2/c1-24-11-13-25(14-12-24)16-18-5-3-4-6-20(18)22(26)10-8-17-7-9-19(27-2)15-21(17)23/h3-10,15H,11-14,16H2,1-2H3. The lowest BCUT2D eigenvalue weighted by molar-refractivity contribution is 0.104. The van der Waals surface area contributed by atoms with Crippen LogP contribution in [0, 0.1) is 5.82 Å². The number of carbonyl (C=O) groups excluding carboxylic acids is 1. The van der Waals surface area contributed by atoms with Crippen LogP contribution in [-0.4, -0.2) is 55.9 Å². The number of carbonyl (C=O) groups is 1. The predicted molar refractivity (Wildman–Crippen MR) is 106 cm³/mol. The number of likely N-dealkylation sites (N-methyl/N-ethyl adjacent to an activating group) is 1. The second-order valence-electron chi connectivity index (χ2n) is 6.82. The number of nitrogens with zero attached hydrogens (tertiary/aromatic N) is 2. The Labute approximate surface area is 159 Å². The molecule has 0 spiro atoms. The van der Waals surface area contributed by atoms with Crippen LogP contribution in [-0.2, 0) is 6.54 Å². The van der Waals surface area contributed by atoms with Gasteiger partial charge in [-0.05, 0) is 36.9 Å². The van der Waals surface area contributed by atoms with Crippen molar-refractivity contribution in [3.8, 4) is 5.75 Å². The minimum absolute atomic E-state index is 0.116. The summed E-state index contributed by atoms with van der Waals surface area (Å²) in [5.74, 6) is -0.0763. The number of allylic oxidation sites excluding steroid dienone is 1. The lowest BCUT2D eigenvalue weighted by atomic mass is 10.0.